The van der Waals surface area contributed by atoms with Crippen LogP contribution in [0.5, 0.6) is 0 Å². The van der Waals surface area contributed by atoms with Gasteiger partial charge in [-0.25, -0.2) is 0 Å². The van der Waals surface area contributed by atoms with Crippen LogP contribution in [0.1, 0.15) is 100 Å². The average Bonchev–Trinajstić information content (AvgIpc) is 2.72. The lowest BCUT2D eigenvalue weighted by Crippen LogP contribution is -2.10. The zero-order valence-electron chi connectivity index (χ0n) is 18.2. The maximum atomic E-state index is 6.06. The molecule has 0 bridgehead atoms. The van der Waals surface area contributed by atoms with Gasteiger partial charge in [0, 0.05) is 11.8 Å². The van der Waals surface area contributed by atoms with Gasteiger partial charge in [-0.1, -0.05) is 90.1 Å². The quantitative estimate of drug-likeness (QED) is 0.420. The fourth-order valence-corrected chi connectivity index (χ4v) is 3.39. The minimum Gasteiger partial charge on any atom is -0.380 e. The normalized spacial score (nSPS) is 15.9. The summed E-state index contributed by atoms with van der Waals surface area (Å²) in [6.07, 6.45) is 2.38. The van der Waals surface area contributed by atoms with Gasteiger partial charge in [0.1, 0.15) is 0 Å². The van der Waals surface area contributed by atoms with Crippen LogP contribution in [-0.2, 0) is 4.74 Å². The van der Waals surface area contributed by atoms with Gasteiger partial charge in [0.05, 0.1) is 13.2 Å². The fraction of sp³-hybridized carbons (Fsp3) is 0.538. The van der Waals surface area contributed by atoms with Gasteiger partial charge < -0.3 is 4.74 Å². The zero-order valence-corrected chi connectivity index (χ0v) is 18.2. The Labute approximate surface area is 167 Å². The lowest BCUT2D eigenvalue weighted by Gasteiger charge is -2.18. The highest BCUT2D eigenvalue weighted by Crippen LogP contribution is 2.24. The van der Waals surface area contributed by atoms with E-state index in [0.29, 0.717) is 23.7 Å². The topological polar surface area (TPSA) is 9.23 Å². The summed E-state index contributed by atoms with van der Waals surface area (Å²) in [6, 6.07) is 18.2. The van der Waals surface area contributed by atoms with Gasteiger partial charge in [-0.05, 0) is 46.9 Å². The number of hydrogen-bond acceptors (Lipinski definition) is 1. The van der Waals surface area contributed by atoms with E-state index in [1.165, 1.54) is 35.1 Å². The van der Waals surface area contributed by atoms with Crippen molar-refractivity contribution in [1.82, 2.24) is 0 Å². The molecule has 0 saturated heterocycles. The number of benzene rings is 2. The summed E-state index contributed by atoms with van der Waals surface area (Å²) in [5.41, 5.74) is 5.60. The number of rotatable bonds is 10. The minimum absolute atomic E-state index is 0.427. The third-order valence-electron chi connectivity index (χ3n) is 6.11. The molecule has 0 aliphatic heterocycles. The molecule has 0 heterocycles. The molecule has 0 aliphatic carbocycles. The van der Waals surface area contributed by atoms with E-state index in [1.54, 1.807) is 0 Å². The predicted octanol–water partition coefficient (Wildman–Crippen LogP) is 7.64. The maximum absolute atomic E-state index is 6.06. The first-order valence-corrected chi connectivity index (χ1v) is 10.7. The SMILES string of the molecule is CCC(C)c1ccc(C(C)COCC(C)c2ccc(C(C)CC)cc2)cc1. The largest absolute Gasteiger partial charge is 0.380 e. The molecule has 27 heavy (non-hydrogen) atoms. The Morgan fingerprint density at radius 3 is 1.04 bits per heavy atom. The van der Waals surface area contributed by atoms with Crippen molar-refractivity contribution in [1.29, 1.82) is 0 Å². The average molecular weight is 367 g/mol. The van der Waals surface area contributed by atoms with Crippen molar-refractivity contribution < 1.29 is 4.74 Å². The van der Waals surface area contributed by atoms with Gasteiger partial charge in [-0.15, -0.1) is 0 Å². The zero-order chi connectivity index (χ0) is 19.8. The Bertz CT molecular complexity index is 596. The number of hydrogen-bond donors (Lipinski definition) is 0. The summed E-state index contributed by atoms with van der Waals surface area (Å²) in [6.45, 7) is 15.1. The molecule has 4 atom stereocenters. The molecule has 2 aromatic carbocycles. The third-order valence-corrected chi connectivity index (χ3v) is 6.11. The molecule has 0 spiro atoms. The number of ether oxygens (including phenoxy) is 1. The second-order valence-corrected chi connectivity index (χ2v) is 8.29. The Morgan fingerprint density at radius 1 is 0.519 bits per heavy atom. The van der Waals surface area contributed by atoms with E-state index in [2.05, 4.69) is 90.1 Å². The van der Waals surface area contributed by atoms with Crippen LogP contribution in [0, 0.1) is 0 Å². The molecule has 0 fully saturated rings. The van der Waals surface area contributed by atoms with E-state index < -0.39 is 0 Å². The molecule has 0 aromatic heterocycles. The van der Waals surface area contributed by atoms with Crippen molar-refractivity contribution in [3.8, 4) is 0 Å². The molecular formula is C26H38O. The standard InChI is InChI=1S/C26H38O/c1-7-19(3)23-9-13-25(14-10-23)21(5)17-27-18-22(6)26-15-11-24(12-16-26)20(4)8-2/h9-16,19-22H,7-8,17-18H2,1-6H3. The molecule has 0 radical (unpaired) electrons. The molecule has 0 N–H and O–H groups in total. The van der Waals surface area contributed by atoms with Crippen molar-refractivity contribution in [2.75, 3.05) is 13.2 Å². The first kappa shape index (κ1) is 21.7. The van der Waals surface area contributed by atoms with Crippen molar-refractivity contribution in [3.63, 3.8) is 0 Å². The molecule has 0 saturated carbocycles. The molecule has 0 amide bonds. The molecule has 4 unspecified atom stereocenters. The lowest BCUT2D eigenvalue weighted by atomic mass is 9.94. The Balaban J connectivity index is 1.82. The summed E-state index contributed by atoms with van der Waals surface area (Å²) in [5.74, 6) is 2.13. The van der Waals surface area contributed by atoms with Crippen molar-refractivity contribution in [3.05, 3.63) is 70.8 Å². The van der Waals surface area contributed by atoms with Gasteiger partial charge in [-0.3, -0.25) is 0 Å². The van der Waals surface area contributed by atoms with E-state index in [1.807, 2.05) is 0 Å². The lowest BCUT2D eigenvalue weighted by molar-refractivity contribution is 0.113. The second kappa shape index (κ2) is 10.7. The fourth-order valence-electron chi connectivity index (χ4n) is 3.39. The maximum Gasteiger partial charge on any atom is 0.0532 e. The Hall–Kier alpha value is -1.60. The van der Waals surface area contributed by atoms with Gasteiger partial charge in [0.2, 0.25) is 0 Å². The highest BCUT2D eigenvalue weighted by Gasteiger charge is 2.11. The Morgan fingerprint density at radius 2 is 0.778 bits per heavy atom. The monoisotopic (exact) mass is 366 g/mol. The highest BCUT2D eigenvalue weighted by atomic mass is 16.5. The van der Waals surface area contributed by atoms with Gasteiger partial charge in [0.25, 0.3) is 0 Å². The smallest absolute Gasteiger partial charge is 0.0532 e. The van der Waals surface area contributed by atoms with Crippen molar-refractivity contribution in [2.24, 2.45) is 0 Å². The molecule has 2 aromatic rings. The summed E-state index contributed by atoms with van der Waals surface area (Å²) in [7, 11) is 0. The van der Waals surface area contributed by atoms with Crippen molar-refractivity contribution >= 4 is 0 Å². The molecular weight excluding hydrogens is 328 g/mol. The second-order valence-electron chi connectivity index (χ2n) is 8.29. The summed E-state index contributed by atoms with van der Waals surface area (Å²) in [5, 5.41) is 0. The molecule has 148 valence electrons. The first-order chi connectivity index (χ1) is 13.0. The predicted molar refractivity (Wildman–Crippen MR) is 118 cm³/mol. The summed E-state index contributed by atoms with van der Waals surface area (Å²) in [4.78, 5) is 0. The van der Waals surface area contributed by atoms with Crippen LogP contribution in [0.4, 0.5) is 0 Å². The molecule has 2 rings (SSSR count). The van der Waals surface area contributed by atoms with Crippen LogP contribution in [0.2, 0.25) is 0 Å². The van der Waals surface area contributed by atoms with Gasteiger partial charge in [-0.2, -0.15) is 0 Å². The van der Waals surface area contributed by atoms with E-state index in [-0.39, 0.29) is 0 Å². The first-order valence-electron chi connectivity index (χ1n) is 10.7. The van der Waals surface area contributed by atoms with Crippen LogP contribution in [-0.4, -0.2) is 13.2 Å². The van der Waals surface area contributed by atoms with Crippen LogP contribution < -0.4 is 0 Å². The highest BCUT2D eigenvalue weighted by molar-refractivity contribution is 5.28. The van der Waals surface area contributed by atoms with E-state index >= 15 is 0 Å². The van der Waals surface area contributed by atoms with E-state index in [4.69, 9.17) is 4.74 Å². The Kier molecular flexibility index (Phi) is 8.57. The minimum atomic E-state index is 0.427. The third kappa shape index (κ3) is 6.21. The van der Waals surface area contributed by atoms with Crippen LogP contribution in [0.25, 0.3) is 0 Å². The molecule has 1 nitrogen and oxygen atoms in total. The summed E-state index contributed by atoms with van der Waals surface area (Å²) >= 11 is 0. The summed E-state index contributed by atoms with van der Waals surface area (Å²) < 4.78 is 6.06. The molecule has 0 aliphatic rings. The van der Waals surface area contributed by atoms with Gasteiger partial charge in [0.15, 0.2) is 0 Å². The van der Waals surface area contributed by atoms with Crippen LogP contribution >= 0.6 is 0 Å². The van der Waals surface area contributed by atoms with E-state index in [9.17, 15) is 0 Å². The van der Waals surface area contributed by atoms with Gasteiger partial charge >= 0.3 is 0 Å². The van der Waals surface area contributed by atoms with Crippen LogP contribution in [0.15, 0.2) is 48.5 Å². The molecule has 1 heteroatoms. The van der Waals surface area contributed by atoms with E-state index in [0.717, 1.165) is 13.2 Å². The van der Waals surface area contributed by atoms with Crippen LogP contribution in [0.3, 0.4) is 0 Å². The van der Waals surface area contributed by atoms with Crippen molar-refractivity contribution in [2.45, 2.75) is 78.1 Å².